The van der Waals surface area contributed by atoms with E-state index in [-0.39, 0.29) is 12.7 Å². The van der Waals surface area contributed by atoms with Crippen LogP contribution in [-0.4, -0.2) is 0 Å². The monoisotopic (exact) mass is 285 g/mol. The largest absolute Gasteiger partial charge is 0.483 e. The minimum atomic E-state index is -1.56. The first-order chi connectivity index (χ1) is 9.41. The average Bonchev–Trinajstić information content (AvgIpc) is 2.41. The Hall–Kier alpha value is -2.24. The molecule has 0 aliphatic rings. The van der Waals surface area contributed by atoms with Crippen molar-refractivity contribution in [3.8, 4) is 5.75 Å². The molecule has 2 aromatic carbocycles. The molecule has 0 aromatic heterocycles. The third-order valence-electron chi connectivity index (χ3n) is 2.93. The highest BCUT2D eigenvalue weighted by Gasteiger charge is 2.20. The van der Waals surface area contributed by atoms with Crippen LogP contribution in [0.4, 0.5) is 23.2 Å². The van der Waals surface area contributed by atoms with E-state index in [2.05, 4.69) is 0 Å². The van der Waals surface area contributed by atoms with E-state index in [0.717, 1.165) is 0 Å². The Balaban J connectivity index is 2.30. The van der Waals surface area contributed by atoms with Crippen LogP contribution in [-0.2, 0) is 6.61 Å². The van der Waals surface area contributed by atoms with Crippen molar-refractivity contribution in [2.45, 2.75) is 13.5 Å². The Morgan fingerprint density at radius 3 is 2.25 bits per heavy atom. The standard InChI is InChI=1S/C14H11F4NO/c1-7-8(3-2-4-11(7)19)6-20-14-12(17)9(15)5-10(16)13(14)18/h2-5H,6,19H2,1H3. The smallest absolute Gasteiger partial charge is 0.203 e. The van der Waals surface area contributed by atoms with Crippen molar-refractivity contribution in [3.63, 3.8) is 0 Å². The molecule has 0 amide bonds. The molecule has 106 valence electrons. The van der Waals surface area contributed by atoms with Gasteiger partial charge in [-0.25, -0.2) is 8.78 Å². The number of halogens is 4. The molecular weight excluding hydrogens is 274 g/mol. The van der Waals surface area contributed by atoms with Gasteiger partial charge in [-0.3, -0.25) is 0 Å². The zero-order valence-corrected chi connectivity index (χ0v) is 10.5. The van der Waals surface area contributed by atoms with Crippen LogP contribution in [0.3, 0.4) is 0 Å². The number of rotatable bonds is 3. The van der Waals surface area contributed by atoms with E-state index in [1.54, 1.807) is 25.1 Å². The van der Waals surface area contributed by atoms with E-state index in [9.17, 15) is 17.6 Å². The summed E-state index contributed by atoms with van der Waals surface area (Å²) < 4.78 is 57.7. The molecule has 0 aliphatic heterocycles. The van der Waals surface area contributed by atoms with Crippen LogP contribution in [0, 0.1) is 30.2 Å². The van der Waals surface area contributed by atoms with Gasteiger partial charge in [0.15, 0.2) is 17.4 Å². The maximum Gasteiger partial charge on any atom is 0.203 e. The lowest BCUT2D eigenvalue weighted by Crippen LogP contribution is -2.05. The van der Waals surface area contributed by atoms with Crippen LogP contribution in [0.1, 0.15) is 11.1 Å². The first kappa shape index (κ1) is 14.2. The summed E-state index contributed by atoms with van der Waals surface area (Å²) in [5.41, 5.74) is 7.39. The molecule has 0 aliphatic carbocycles. The highest BCUT2D eigenvalue weighted by atomic mass is 19.2. The van der Waals surface area contributed by atoms with Gasteiger partial charge >= 0.3 is 0 Å². The quantitative estimate of drug-likeness (QED) is 0.530. The van der Waals surface area contributed by atoms with Crippen molar-refractivity contribution in [1.29, 1.82) is 0 Å². The van der Waals surface area contributed by atoms with Crippen LogP contribution in [0.5, 0.6) is 5.75 Å². The first-order valence-electron chi connectivity index (χ1n) is 5.71. The summed E-state index contributed by atoms with van der Waals surface area (Å²) in [5.74, 6) is -7.23. The lowest BCUT2D eigenvalue weighted by Gasteiger charge is -2.12. The summed E-state index contributed by atoms with van der Waals surface area (Å²) in [5, 5.41) is 0. The van der Waals surface area contributed by atoms with Gasteiger partial charge < -0.3 is 10.5 Å². The minimum absolute atomic E-state index is 0.128. The van der Waals surface area contributed by atoms with Crippen LogP contribution in [0.2, 0.25) is 0 Å². The number of hydrogen-bond donors (Lipinski definition) is 1. The molecule has 2 aromatic rings. The van der Waals surface area contributed by atoms with Crippen LogP contribution in [0.25, 0.3) is 0 Å². The van der Waals surface area contributed by atoms with Crippen molar-refractivity contribution in [1.82, 2.24) is 0 Å². The van der Waals surface area contributed by atoms with Gasteiger partial charge in [0.25, 0.3) is 0 Å². The zero-order valence-electron chi connectivity index (χ0n) is 10.5. The van der Waals surface area contributed by atoms with Crippen LogP contribution >= 0.6 is 0 Å². The number of anilines is 1. The van der Waals surface area contributed by atoms with Gasteiger partial charge in [-0.2, -0.15) is 8.78 Å². The molecule has 0 saturated carbocycles. The SMILES string of the molecule is Cc1c(N)cccc1COc1c(F)c(F)cc(F)c1F. The summed E-state index contributed by atoms with van der Waals surface area (Å²) in [6, 6.07) is 5.06. The number of nitrogen functional groups attached to an aromatic ring is 1. The zero-order chi connectivity index (χ0) is 14.9. The minimum Gasteiger partial charge on any atom is -0.483 e. The maximum absolute atomic E-state index is 13.4. The highest BCUT2D eigenvalue weighted by Crippen LogP contribution is 2.27. The maximum atomic E-state index is 13.4. The topological polar surface area (TPSA) is 35.2 Å². The van der Waals surface area contributed by atoms with Crippen molar-refractivity contribution >= 4 is 5.69 Å². The average molecular weight is 285 g/mol. The lowest BCUT2D eigenvalue weighted by molar-refractivity contribution is 0.261. The molecular formula is C14H11F4NO. The van der Waals surface area contributed by atoms with Crippen LogP contribution < -0.4 is 10.5 Å². The van der Waals surface area contributed by atoms with Gasteiger partial charge in [-0.15, -0.1) is 0 Å². The normalized spacial score (nSPS) is 10.7. The summed E-state index contributed by atoms with van der Waals surface area (Å²) in [4.78, 5) is 0. The number of hydrogen-bond acceptors (Lipinski definition) is 2. The first-order valence-corrected chi connectivity index (χ1v) is 5.71. The van der Waals surface area contributed by atoms with E-state index < -0.39 is 29.0 Å². The fraction of sp³-hybridized carbons (Fsp3) is 0.143. The summed E-state index contributed by atoms with van der Waals surface area (Å²) in [6.45, 7) is 1.44. The van der Waals surface area contributed by atoms with Crippen molar-refractivity contribution in [2.24, 2.45) is 0 Å². The summed E-state index contributed by atoms with van der Waals surface area (Å²) in [6.07, 6.45) is 0. The molecule has 0 fully saturated rings. The van der Waals surface area contributed by atoms with E-state index in [1.807, 2.05) is 0 Å². The van der Waals surface area contributed by atoms with E-state index in [4.69, 9.17) is 10.5 Å². The van der Waals surface area contributed by atoms with Gasteiger partial charge in [-0.05, 0) is 24.1 Å². The molecule has 2 N–H and O–H groups in total. The van der Waals surface area contributed by atoms with Gasteiger partial charge in [0.05, 0.1) is 0 Å². The Bertz CT molecular complexity index is 632. The van der Waals surface area contributed by atoms with E-state index >= 15 is 0 Å². The molecule has 2 nitrogen and oxygen atoms in total. The second-order valence-corrected chi connectivity index (χ2v) is 4.22. The van der Waals surface area contributed by atoms with Crippen molar-refractivity contribution in [3.05, 3.63) is 58.7 Å². The predicted molar refractivity (Wildman–Crippen MR) is 66.2 cm³/mol. The molecule has 20 heavy (non-hydrogen) atoms. The van der Waals surface area contributed by atoms with Crippen molar-refractivity contribution < 1.29 is 22.3 Å². The molecule has 0 atom stereocenters. The Kier molecular flexibility index (Phi) is 3.83. The lowest BCUT2D eigenvalue weighted by atomic mass is 10.1. The van der Waals surface area contributed by atoms with Gasteiger partial charge in [0, 0.05) is 11.8 Å². The van der Waals surface area contributed by atoms with Gasteiger partial charge in [0.1, 0.15) is 6.61 Å². The van der Waals surface area contributed by atoms with Crippen molar-refractivity contribution in [2.75, 3.05) is 5.73 Å². The fourth-order valence-corrected chi connectivity index (χ4v) is 1.69. The second-order valence-electron chi connectivity index (χ2n) is 4.22. The second kappa shape index (κ2) is 5.40. The van der Waals surface area contributed by atoms with Gasteiger partial charge in [0.2, 0.25) is 11.6 Å². The molecule has 6 heteroatoms. The molecule has 0 spiro atoms. The Labute approximate surface area is 112 Å². The summed E-state index contributed by atoms with van der Waals surface area (Å²) in [7, 11) is 0. The molecule has 0 unspecified atom stereocenters. The molecule has 0 radical (unpaired) electrons. The summed E-state index contributed by atoms with van der Waals surface area (Å²) >= 11 is 0. The number of ether oxygens (including phenoxy) is 1. The number of benzene rings is 2. The van der Waals surface area contributed by atoms with E-state index in [1.165, 1.54) is 0 Å². The molecule has 0 heterocycles. The van der Waals surface area contributed by atoms with Gasteiger partial charge in [-0.1, -0.05) is 12.1 Å². The predicted octanol–water partition coefficient (Wildman–Crippen LogP) is 3.71. The van der Waals surface area contributed by atoms with E-state index in [0.29, 0.717) is 16.8 Å². The third-order valence-corrected chi connectivity index (χ3v) is 2.93. The molecule has 0 bridgehead atoms. The number of nitrogens with two attached hydrogens (primary N) is 1. The molecule has 0 saturated heterocycles. The molecule has 2 rings (SSSR count). The fourth-order valence-electron chi connectivity index (χ4n) is 1.69. The Morgan fingerprint density at radius 2 is 1.65 bits per heavy atom. The van der Waals surface area contributed by atoms with Crippen LogP contribution in [0.15, 0.2) is 24.3 Å². The Morgan fingerprint density at radius 1 is 1.05 bits per heavy atom. The third kappa shape index (κ3) is 2.54. The highest BCUT2D eigenvalue weighted by molar-refractivity contribution is 5.49.